The molecule has 0 bridgehead atoms. The number of ether oxygens (including phenoxy) is 10. The topological polar surface area (TPSA) is 104 Å². The number of nitrogens with one attached hydrogen (secondary N) is 1. The van der Waals surface area contributed by atoms with E-state index in [4.69, 9.17) is 47.4 Å². The molecule has 1 N–H and O–H groups in total. The summed E-state index contributed by atoms with van der Waals surface area (Å²) in [6.07, 6.45) is 24.8. The van der Waals surface area contributed by atoms with Gasteiger partial charge in [0.2, 0.25) is 0 Å². The smallest absolute Gasteiger partial charge is 0.0704 e. The first-order valence-electron chi connectivity index (χ1n) is 21.5. The van der Waals surface area contributed by atoms with Gasteiger partial charge in [-0.3, -0.25) is 0 Å². The lowest BCUT2D eigenvalue weighted by Crippen LogP contribution is -2.33. The molecule has 0 saturated carbocycles. The van der Waals surface area contributed by atoms with Crippen LogP contribution in [-0.2, 0) is 47.4 Å². The minimum Gasteiger partial charge on any atom is -0.379 e. The van der Waals surface area contributed by atoms with E-state index in [1.807, 2.05) is 0 Å². The number of hydrogen-bond acceptors (Lipinski definition) is 11. The summed E-state index contributed by atoms with van der Waals surface area (Å²) in [5.74, 6) is 0. The fourth-order valence-electron chi connectivity index (χ4n) is 5.85. The molecule has 312 valence electrons. The minimum absolute atomic E-state index is 0.377. The molecule has 1 fully saturated rings. The molecule has 1 saturated heterocycles. The average Bonchev–Trinajstić information content (AvgIpc) is 3.17. The zero-order chi connectivity index (χ0) is 36.9. The van der Waals surface area contributed by atoms with Crippen LogP contribution in [0.3, 0.4) is 0 Å². The second-order valence-corrected chi connectivity index (χ2v) is 13.6. The quantitative estimate of drug-likeness (QED) is 0.0642. The molecule has 0 aromatic rings. The van der Waals surface area contributed by atoms with Crippen LogP contribution in [0.5, 0.6) is 0 Å². The lowest BCUT2D eigenvalue weighted by molar-refractivity contribution is -0.0321. The maximum absolute atomic E-state index is 5.80. The third-order valence-corrected chi connectivity index (χ3v) is 8.99. The first-order valence-corrected chi connectivity index (χ1v) is 21.5. The van der Waals surface area contributed by atoms with Gasteiger partial charge >= 0.3 is 0 Å². The van der Waals surface area contributed by atoms with Gasteiger partial charge in [0.1, 0.15) is 0 Å². The van der Waals surface area contributed by atoms with E-state index in [9.17, 15) is 0 Å². The van der Waals surface area contributed by atoms with Gasteiger partial charge in [0, 0.05) is 6.61 Å². The second kappa shape index (κ2) is 45.0. The summed E-state index contributed by atoms with van der Waals surface area (Å²) in [7, 11) is 0. The van der Waals surface area contributed by atoms with Gasteiger partial charge in [0.15, 0.2) is 0 Å². The minimum atomic E-state index is 0.377. The molecule has 0 spiro atoms. The maximum atomic E-state index is 5.80. The van der Waals surface area contributed by atoms with Crippen molar-refractivity contribution in [2.75, 3.05) is 139 Å². The number of piperidine rings is 1. The van der Waals surface area contributed by atoms with Gasteiger partial charge in [-0.25, -0.2) is 0 Å². The zero-order valence-electron chi connectivity index (χ0n) is 33.7. The molecule has 52 heavy (non-hydrogen) atoms. The van der Waals surface area contributed by atoms with Crippen LogP contribution in [0.15, 0.2) is 0 Å². The van der Waals surface area contributed by atoms with Crippen LogP contribution in [0, 0.1) is 0 Å². The van der Waals surface area contributed by atoms with Crippen molar-refractivity contribution in [3.63, 3.8) is 0 Å². The Labute approximate surface area is 319 Å². The molecule has 0 aliphatic carbocycles. The Morgan fingerprint density at radius 1 is 0.308 bits per heavy atom. The summed E-state index contributed by atoms with van der Waals surface area (Å²) in [6, 6.07) is 0. The molecule has 0 aromatic carbocycles. The first-order chi connectivity index (χ1) is 25.9. The summed E-state index contributed by atoms with van der Waals surface area (Å²) in [5, 5.41) is 3.34. The third-order valence-electron chi connectivity index (χ3n) is 8.99. The largest absolute Gasteiger partial charge is 0.379 e. The lowest BCUT2D eigenvalue weighted by atomic mass is 10.0. The molecule has 0 atom stereocenters. The zero-order valence-corrected chi connectivity index (χ0v) is 33.7. The van der Waals surface area contributed by atoms with Crippen molar-refractivity contribution in [3.05, 3.63) is 0 Å². The SMILES string of the molecule is CCCCCCCCCCCCCCCCCCOCCOCCOCCOCCOCCOCCOCCOCCOCCOC1CCNCC1. The first kappa shape index (κ1) is 49.6. The Morgan fingerprint density at radius 3 is 0.865 bits per heavy atom. The molecule has 0 aromatic heterocycles. The Hall–Kier alpha value is -0.440. The Morgan fingerprint density at radius 2 is 0.558 bits per heavy atom. The summed E-state index contributed by atoms with van der Waals surface area (Å²) < 4.78 is 55.8. The van der Waals surface area contributed by atoms with E-state index in [0.29, 0.717) is 125 Å². The number of unbranched alkanes of at least 4 members (excludes halogenated alkanes) is 15. The average molecular weight is 750 g/mol. The van der Waals surface area contributed by atoms with Gasteiger partial charge in [-0.05, 0) is 32.4 Å². The van der Waals surface area contributed by atoms with Crippen molar-refractivity contribution in [2.24, 2.45) is 0 Å². The molecule has 0 unspecified atom stereocenters. The van der Waals surface area contributed by atoms with Gasteiger partial charge < -0.3 is 52.7 Å². The van der Waals surface area contributed by atoms with Gasteiger partial charge in [-0.15, -0.1) is 0 Å². The van der Waals surface area contributed by atoms with E-state index >= 15 is 0 Å². The summed E-state index contributed by atoms with van der Waals surface area (Å²) in [5.41, 5.74) is 0. The highest BCUT2D eigenvalue weighted by molar-refractivity contribution is 4.67. The Bertz CT molecular complexity index is 645. The molecular weight excluding hydrogens is 666 g/mol. The fourth-order valence-corrected chi connectivity index (χ4v) is 5.85. The van der Waals surface area contributed by atoms with Crippen LogP contribution < -0.4 is 5.32 Å². The second-order valence-electron chi connectivity index (χ2n) is 13.6. The van der Waals surface area contributed by atoms with Crippen molar-refractivity contribution < 1.29 is 47.4 Å². The van der Waals surface area contributed by atoms with E-state index in [1.54, 1.807) is 0 Å². The van der Waals surface area contributed by atoms with E-state index in [1.165, 1.54) is 96.3 Å². The van der Waals surface area contributed by atoms with E-state index in [0.717, 1.165) is 39.0 Å². The van der Waals surface area contributed by atoms with E-state index < -0.39 is 0 Å². The van der Waals surface area contributed by atoms with Crippen LogP contribution in [0.4, 0.5) is 0 Å². The summed E-state index contributed by atoms with van der Waals surface area (Å²) in [6.45, 7) is 15.4. The van der Waals surface area contributed by atoms with Crippen molar-refractivity contribution in [3.8, 4) is 0 Å². The number of hydrogen-bond donors (Lipinski definition) is 1. The van der Waals surface area contributed by atoms with Crippen molar-refractivity contribution >= 4 is 0 Å². The van der Waals surface area contributed by atoms with Crippen molar-refractivity contribution in [2.45, 2.75) is 129 Å². The predicted molar refractivity (Wildman–Crippen MR) is 209 cm³/mol. The standard InChI is InChI=1S/C41H83NO10/c1-2-3-4-5-6-7-8-9-10-11-12-13-14-15-16-17-22-43-23-24-44-25-26-45-27-28-46-29-30-47-31-32-48-33-34-49-35-36-50-37-38-51-39-40-52-41-18-20-42-21-19-41/h41-42H,2-40H2,1H3. The molecule has 1 aliphatic heterocycles. The molecule has 0 amide bonds. The van der Waals surface area contributed by atoms with Crippen LogP contribution in [0.2, 0.25) is 0 Å². The summed E-state index contributed by atoms with van der Waals surface area (Å²) >= 11 is 0. The molecule has 1 rings (SSSR count). The Kier molecular flexibility index (Phi) is 42.9. The summed E-state index contributed by atoms with van der Waals surface area (Å²) in [4.78, 5) is 0. The monoisotopic (exact) mass is 750 g/mol. The van der Waals surface area contributed by atoms with Crippen LogP contribution in [0.25, 0.3) is 0 Å². The van der Waals surface area contributed by atoms with Crippen LogP contribution in [0.1, 0.15) is 122 Å². The molecule has 1 heterocycles. The number of rotatable bonds is 45. The van der Waals surface area contributed by atoms with E-state index in [2.05, 4.69) is 12.2 Å². The molecule has 11 heteroatoms. The van der Waals surface area contributed by atoms with Gasteiger partial charge in [-0.1, -0.05) is 103 Å². The van der Waals surface area contributed by atoms with Crippen LogP contribution >= 0.6 is 0 Å². The maximum Gasteiger partial charge on any atom is 0.0704 e. The van der Waals surface area contributed by atoms with Gasteiger partial charge in [0.25, 0.3) is 0 Å². The van der Waals surface area contributed by atoms with E-state index in [-0.39, 0.29) is 0 Å². The van der Waals surface area contributed by atoms with Crippen LogP contribution in [-0.4, -0.2) is 145 Å². The predicted octanol–water partition coefficient (Wildman–Crippen LogP) is 7.17. The van der Waals surface area contributed by atoms with Gasteiger partial charge in [0.05, 0.1) is 125 Å². The normalized spacial score (nSPS) is 13.8. The molecule has 11 nitrogen and oxygen atoms in total. The van der Waals surface area contributed by atoms with Crippen molar-refractivity contribution in [1.29, 1.82) is 0 Å². The lowest BCUT2D eigenvalue weighted by Gasteiger charge is -2.22. The highest BCUT2D eigenvalue weighted by Gasteiger charge is 2.12. The highest BCUT2D eigenvalue weighted by atomic mass is 16.6. The molecule has 1 aliphatic rings. The Balaban J connectivity index is 1.59. The van der Waals surface area contributed by atoms with Gasteiger partial charge in [-0.2, -0.15) is 0 Å². The third kappa shape index (κ3) is 40.7. The fraction of sp³-hybridized carbons (Fsp3) is 1.00. The van der Waals surface area contributed by atoms with Crippen molar-refractivity contribution in [1.82, 2.24) is 5.32 Å². The molecular formula is C41H83NO10. The highest BCUT2D eigenvalue weighted by Crippen LogP contribution is 2.14. The molecule has 0 radical (unpaired) electrons.